The molecular weight excluding hydrogens is 302 g/mol. The fourth-order valence-corrected chi connectivity index (χ4v) is 3.28. The molecule has 5 aromatic rings. The Bertz CT molecular complexity index is 1190. The molecule has 0 aliphatic rings. The number of aryl methyl sites for hydroxylation is 2. The normalized spacial score (nSPS) is 11.8. The summed E-state index contributed by atoms with van der Waals surface area (Å²) < 4.78 is 9.77. The molecule has 24 heavy (non-hydrogen) atoms. The number of furan rings is 1. The Morgan fingerprint density at radius 1 is 0.917 bits per heavy atom. The molecular formula is C18H15N5O. The van der Waals surface area contributed by atoms with E-state index in [1.54, 1.807) is 12.5 Å². The van der Waals surface area contributed by atoms with Gasteiger partial charge in [-0.3, -0.25) is 0 Å². The van der Waals surface area contributed by atoms with E-state index in [1.807, 2.05) is 47.9 Å². The molecule has 6 heteroatoms. The van der Waals surface area contributed by atoms with Gasteiger partial charge in [-0.05, 0) is 6.07 Å². The van der Waals surface area contributed by atoms with E-state index in [2.05, 4.69) is 27.1 Å². The summed E-state index contributed by atoms with van der Waals surface area (Å²) in [5.74, 6) is 2.48. The van der Waals surface area contributed by atoms with Crippen molar-refractivity contribution < 1.29 is 4.42 Å². The van der Waals surface area contributed by atoms with Crippen LogP contribution in [0.1, 0.15) is 0 Å². The molecule has 0 aliphatic heterocycles. The SMILES string of the molecule is Cn1ccnc1-c1cccc2c1[nH]c1c(-c3nccn3C)occ12. The predicted molar refractivity (Wildman–Crippen MR) is 92.5 cm³/mol. The van der Waals surface area contributed by atoms with Crippen LogP contribution in [-0.4, -0.2) is 24.1 Å². The Balaban J connectivity index is 1.84. The molecule has 6 nitrogen and oxygen atoms in total. The summed E-state index contributed by atoms with van der Waals surface area (Å²) >= 11 is 0. The number of H-pyrrole nitrogens is 1. The van der Waals surface area contributed by atoms with Crippen LogP contribution in [0.5, 0.6) is 0 Å². The van der Waals surface area contributed by atoms with Gasteiger partial charge < -0.3 is 18.5 Å². The minimum atomic E-state index is 0.750. The largest absolute Gasteiger partial charge is 0.458 e. The maximum atomic E-state index is 5.81. The van der Waals surface area contributed by atoms with Crippen LogP contribution in [-0.2, 0) is 14.1 Å². The number of para-hydroxylation sites is 1. The van der Waals surface area contributed by atoms with Gasteiger partial charge >= 0.3 is 0 Å². The predicted octanol–water partition coefficient (Wildman–Crippen LogP) is 3.72. The van der Waals surface area contributed by atoms with E-state index in [4.69, 9.17) is 4.42 Å². The average molecular weight is 317 g/mol. The highest BCUT2D eigenvalue weighted by Crippen LogP contribution is 2.37. The van der Waals surface area contributed by atoms with Crippen LogP contribution in [0.25, 0.3) is 44.8 Å². The van der Waals surface area contributed by atoms with Crippen LogP contribution in [0.4, 0.5) is 0 Å². The maximum absolute atomic E-state index is 5.81. The Hall–Kier alpha value is -3.28. The van der Waals surface area contributed by atoms with Crippen LogP contribution in [0, 0.1) is 0 Å². The van der Waals surface area contributed by atoms with E-state index in [-0.39, 0.29) is 0 Å². The van der Waals surface area contributed by atoms with Crippen molar-refractivity contribution in [3.05, 3.63) is 49.2 Å². The van der Waals surface area contributed by atoms with Gasteiger partial charge in [-0.25, -0.2) is 9.97 Å². The molecule has 4 heterocycles. The number of rotatable bonds is 2. The van der Waals surface area contributed by atoms with Gasteiger partial charge in [-0.1, -0.05) is 12.1 Å². The summed E-state index contributed by atoms with van der Waals surface area (Å²) in [6, 6.07) is 6.23. The van der Waals surface area contributed by atoms with Crippen molar-refractivity contribution in [2.45, 2.75) is 0 Å². The molecule has 0 unspecified atom stereocenters. The van der Waals surface area contributed by atoms with Gasteiger partial charge in [0, 0.05) is 55.2 Å². The van der Waals surface area contributed by atoms with Crippen molar-refractivity contribution >= 4 is 21.8 Å². The second kappa shape index (κ2) is 4.61. The smallest absolute Gasteiger partial charge is 0.193 e. The Morgan fingerprint density at radius 3 is 2.38 bits per heavy atom. The molecule has 118 valence electrons. The molecule has 0 saturated carbocycles. The molecule has 0 bridgehead atoms. The van der Waals surface area contributed by atoms with E-state index in [9.17, 15) is 0 Å². The molecule has 1 N–H and O–H groups in total. The summed E-state index contributed by atoms with van der Waals surface area (Å²) in [5.41, 5.74) is 3.09. The monoisotopic (exact) mass is 317 g/mol. The van der Waals surface area contributed by atoms with Crippen molar-refractivity contribution in [3.8, 4) is 23.0 Å². The number of hydrogen-bond acceptors (Lipinski definition) is 3. The maximum Gasteiger partial charge on any atom is 0.193 e. The molecule has 5 rings (SSSR count). The summed E-state index contributed by atoms with van der Waals surface area (Å²) in [6.07, 6.45) is 9.23. The zero-order valence-corrected chi connectivity index (χ0v) is 13.3. The molecule has 0 saturated heterocycles. The van der Waals surface area contributed by atoms with Gasteiger partial charge in [-0.15, -0.1) is 0 Å². The number of benzene rings is 1. The van der Waals surface area contributed by atoms with E-state index < -0.39 is 0 Å². The van der Waals surface area contributed by atoms with Crippen LogP contribution in [0.2, 0.25) is 0 Å². The highest BCUT2D eigenvalue weighted by Gasteiger charge is 2.19. The topological polar surface area (TPSA) is 64.6 Å². The number of nitrogens with zero attached hydrogens (tertiary/aromatic N) is 4. The molecule has 0 radical (unpaired) electrons. The minimum Gasteiger partial charge on any atom is -0.458 e. The molecule has 0 aliphatic carbocycles. The van der Waals surface area contributed by atoms with E-state index in [1.165, 1.54) is 0 Å². The van der Waals surface area contributed by atoms with E-state index in [0.717, 1.165) is 44.8 Å². The number of aromatic nitrogens is 5. The molecule has 0 fully saturated rings. The summed E-state index contributed by atoms with van der Waals surface area (Å²) in [4.78, 5) is 12.4. The lowest BCUT2D eigenvalue weighted by Gasteiger charge is -2.03. The zero-order chi connectivity index (χ0) is 16.3. The Labute approximate surface area is 137 Å². The number of aromatic amines is 1. The van der Waals surface area contributed by atoms with Crippen molar-refractivity contribution in [3.63, 3.8) is 0 Å². The summed E-state index contributed by atoms with van der Waals surface area (Å²) in [6.45, 7) is 0. The molecule has 4 aromatic heterocycles. The third kappa shape index (κ3) is 1.65. The quantitative estimate of drug-likeness (QED) is 0.540. The zero-order valence-electron chi connectivity index (χ0n) is 13.3. The molecule has 0 spiro atoms. The second-order valence-corrected chi connectivity index (χ2v) is 5.93. The van der Waals surface area contributed by atoms with Crippen molar-refractivity contribution in [1.82, 2.24) is 24.1 Å². The van der Waals surface area contributed by atoms with Gasteiger partial charge in [0.15, 0.2) is 11.6 Å². The first-order valence-corrected chi connectivity index (χ1v) is 7.71. The van der Waals surface area contributed by atoms with E-state index >= 15 is 0 Å². The van der Waals surface area contributed by atoms with Gasteiger partial charge in [0.25, 0.3) is 0 Å². The third-order valence-corrected chi connectivity index (χ3v) is 4.48. The van der Waals surface area contributed by atoms with Crippen LogP contribution in [0.15, 0.2) is 53.7 Å². The lowest BCUT2D eigenvalue weighted by atomic mass is 10.1. The van der Waals surface area contributed by atoms with E-state index in [0.29, 0.717) is 0 Å². The second-order valence-electron chi connectivity index (χ2n) is 5.93. The highest BCUT2D eigenvalue weighted by molar-refractivity contribution is 6.13. The highest BCUT2D eigenvalue weighted by atomic mass is 16.3. The Morgan fingerprint density at radius 2 is 1.67 bits per heavy atom. The fraction of sp³-hybridized carbons (Fsp3) is 0.111. The third-order valence-electron chi connectivity index (χ3n) is 4.48. The Kier molecular flexibility index (Phi) is 2.53. The van der Waals surface area contributed by atoms with Crippen LogP contribution < -0.4 is 0 Å². The molecule has 0 amide bonds. The summed E-state index contributed by atoms with van der Waals surface area (Å²) in [5, 5.41) is 2.17. The lowest BCUT2D eigenvalue weighted by molar-refractivity contribution is 0.578. The summed E-state index contributed by atoms with van der Waals surface area (Å²) in [7, 11) is 3.96. The van der Waals surface area contributed by atoms with Gasteiger partial charge in [0.05, 0.1) is 11.0 Å². The fourth-order valence-electron chi connectivity index (χ4n) is 3.28. The minimum absolute atomic E-state index is 0.750. The van der Waals surface area contributed by atoms with Gasteiger partial charge in [0.1, 0.15) is 12.1 Å². The van der Waals surface area contributed by atoms with Crippen LogP contribution in [0.3, 0.4) is 0 Å². The molecule has 1 aromatic carbocycles. The first-order valence-electron chi connectivity index (χ1n) is 7.71. The number of fused-ring (bicyclic) bond motifs is 3. The number of imidazole rings is 2. The number of nitrogens with one attached hydrogen (secondary N) is 1. The first-order chi connectivity index (χ1) is 11.7. The van der Waals surface area contributed by atoms with Gasteiger partial charge in [0.2, 0.25) is 0 Å². The number of hydrogen-bond donors (Lipinski definition) is 1. The van der Waals surface area contributed by atoms with Gasteiger partial charge in [-0.2, -0.15) is 0 Å². The average Bonchev–Trinajstić information content (AvgIpc) is 3.31. The standard InChI is InChI=1S/C18H15N5O/c1-22-8-6-19-17(22)12-5-3-4-11-13-10-24-16(15(13)21-14(11)12)18-20-7-9-23(18)2/h3-10,21H,1-2H3. The van der Waals surface area contributed by atoms with Crippen molar-refractivity contribution in [2.75, 3.05) is 0 Å². The lowest BCUT2D eigenvalue weighted by Crippen LogP contribution is -1.92. The van der Waals surface area contributed by atoms with Crippen LogP contribution >= 0.6 is 0 Å². The van der Waals surface area contributed by atoms with Crippen molar-refractivity contribution in [1.29, 1.82) is 0 Å². The first kappa shape index (κ1) is 13.2. The molecule has 0 atom stereocenters. The van der Waals surface area contributed by atoms with Crippen molar-refractivity contribution in [2.24, 2.45) is 14.1 Å².